The smallest absolute Gasteiger partial charge is 0.264 e. The minimum atomic E-state index is -0.164. The van der Waals surface area contributed by atoms with Crippen LogP contribution in [0, 0.1) is 5.41 Å². The normalized spacial score (nSPS) is 18.2. The first-order chi connectivity index (χ1) is 6.18. The standard InChI is InChI=1S/C9H13N3O/c1-9(4-5-9)6-10-7-2-3-8(13)12-11-7/h2-3H,4-6H2,1H3,(H,10,11)(H,12,13). The molecule has 13 heavy (non-hydrogen) atoms. The van der Waals surface area contributed by atoms with Gasteiger partial charge in [0.15, 0.2) is 0 Å². The van der Waals surface area contributed by atoms with Crippen molar-refractivity contribution in [2.45, 2.75) is 19.8 Å². The van der Waals surface area contributed by atoms with Gasteiger partial charge in [-0.1, -0.05) is 6.92 Å². The van der Waals surface area contributed by atoms with E-state index in [2.05, 4.69) is 22.4 Å². The fraction of sp³-hybridized carbons (Fsp3) is 0.556. The lowest BCUT2D eigenvalue weighted by molar-refractivity contribution is 0.608. The number of nitrogens with zero attached hydrogens (tertiary/aromatic N) is 1. The van der Waals surface area contributed by atoms with Crippen molar-refractivity contribution in [3.05, 3.63) is 22.5 Å². The van der Waals surface area contributed by atoms with Crippen LogP contribution in [0.5, 0.6) is 0 Å². The molecule has 0 aliphatic heterocycles. The molecule has 70 valence electrons. The molecule has 1 aliphatic rings. The van der Waals surface area contributed by atoms with Crippen LogP contribution in [-0.4, -0.2) is 16.7 Å². The third-order valence-electron chi connectivity index (χ3n) is 2.48. The Morgan fingerprint density at radius 2 is 2.38 bits per heavy atom. The summed E-state index contributed by atoms with van der Waals surface area (Å²) in [5.41, 5.74) is 0.292. The summed E-state index contributed by atoms with van der Waals surface area (Å²) in [5.74, 6) is 0.743. The van der Waals surface area contributed by atoms with E-state index >= 15 is 0 Å². The highest BCUT2D eigenvalue weighted by atomic mass is 16.1. The molecule has 0 amide bonds. The van der Waals surface area contributed by atoms with Gasteiger partial charge in [-0.25, -0.2) is 5.10 Å². The summed E-state index contributed by atoms with van der Waals surface area (Å²) in [5, 5.41) is 9.44. The first-order valence-electron chi connectivity index (χ1n) is 4.48. The SMILES string of the molecule is CC1(CNc2ccc(=O)[nH]n2)CC1. The molecule has 0 radical (unpaired) electrons. The van der Waals surface area contributed by atoms with Crippen molar-refractivity contribution in [3.8, 4) is 0 Å². The second-order valence-corrected chi connectivity index (χ2v) is 3.97. The highest BCUT2D eigenvalue weighted by molar-refractivity contribution is 5.32. The molecule has 2 N–H and O–H groups in total. The lowest BCUT2D eigenvalue weighted by atomic mass is 10.1. The third-order valence-corrected chi connectivity index (χ3v) is 2.48. The molecule has 0 unspecified atom stereocenters. The van der Waals surface area contributed by atoms with Crippen LogP contribution in [0.15, 0.2) is 16.9 Å². The maximum absolute atomic E-state index is 10.7. The summed E-state index contributed by atoms with van der Waals surface area (Å²) in [7, 11) is 0. The fourth-order valence-corrected chi connectivity index (χ4v) is 1.14. The van der Waals surface area contributed by atoms with E-state index in [-0.39, 0.29) is 5.56 Å². The van der Waals surface area contributed by atoms with E-state index in [0.29, 0.717) is 5.41 Å². The molecule has 1 saturated carbocycles. The average Bonchev–Trinajstić information content (AvgIpc) is 2.84. The van der Waals surface area contributed by atoms with Gasteiger partial charge in [0.1, 0.15) is 5.82 Å². The Hall–Kier alpha value is -1.32. The molecule has 1 aliphatic carbocycles. The molecule has 1 heterocycles. The second kappa shape index (κ2) is 2.87. The molecule has 1 aromatic heterocycles. The summed E-state index contributed by atoms with van der Waals surface area (Å²) in [4.78, 5) is 10.7. The van der Waals surface area contributed by atoms with Gasteiger partial charge in [0.05, 0.1) is 0 Å². The van der Waals surface area contributed by atoms with Crippen molar-refractivity contribution < 1.29 is 0 Å². The predicted octanol–water partition coefficient (Wildman–Crippen LogP) is 0.982. The van der Waals surface area contributed by atoms with Crippen molar-refractivity contribution in [3.63, 3.8) is 0 Å². The van der Waals surface area contributed by atoms with E-state index < -0.39 is 0 Å². The second-order valence-electron chi connectivity index (χ2n) is 3.97. The molecular weight excluding hydrogens is 166 g/mol. The van der Waals surface area contributed by atoms with Crippen LogP contribution in [0.4, 0.5) is 5.82 Å². The van der Waals surface area contributed by atoms with E-state index in [1.165, 1.54) is 18.9 Å². The van der Waals surface area contributed by atoms with Crippen LogP contribution in [0.25, 0.3) is 0 Å². The van der Waals surface area contributed by atoms with Gasteiger partial charge in [0.2, 0.25) is 0 Å². The Balaban J connectivity index is 1.94. The quantitative estimate of drug-likeness (QED) is 0.727. The van der Waals surface area contributed by atoms with Crippen molar-refractivity contribution in [1.82, 2.24) is 10.2 Å². The van der Waals surface area contributed by atoms with Gasteiger partial charge < -0.3 is 5.32 Å². The van der Waals surface area contributed by atoms with Crippen molar-refractivity contribution in [1.29, 1.82) is 0 Å². The zero-order valence-electron chi connectivity index (χ0n) is 7.63. The van der Waals surface area contributed by atoms with Gasteiger partial charge in [-0.15, -0.1) is 0 Å². The van der Waals surface area contributed by atoms with Crippen molar-refractivity contribution in [2.24, 2.45) is 5.41 Å². The molecule has 4 heteroatoms. The summed E-state index contributed by atoms with van der Waals surface area (Å²) >= 11 is 0. The van der Waals surface area contributed by atoms with Gasteiger partial charge in [-0.3, -0.25) is 4.79 Å². The monoisotopic (exact) mass is 179 g/mol. The van der Waals surface area contributed by atoms with E-state index in [9.17, 15) is 4.79 Å². The topological polar surface area (TPSA) is 57.8 Å². The van der Waals surface area contributed by atoms with Gasteiger partial charge in [-0.2, -0.15) is 5.10 Å². The van der Waals surface area contributed by atoms with Crippen molar-refractivity contribution in [2.75, 3.05) is 11.9 Å². The Morgan fingerprint density at radius 3 is 2.92 bits per heavy atom. The fourth-order valence-electron chi connectivity index (χ4n) is 1.14. The predicted molar refractivity (Wildman–Crippen MR) is 50.7 cm³/mol. The van der Waals surface area contributed by atoms with Gasteiger partial charge in [0.25, 0.3) is 5.56 Å². The van der Waals surface area contributed by atoms with E-state index in [0.717, 1.165) is 12.4 Å². The van der Waals surface area contributed by atoms with E-state index in [4.69, 9.17) is 0 Å². The minimum absolute atomic E-state index is 0.164. The molecule has 0 aromatic carbocycles. The highest BCUT2D eigenvalue weighted by Gasteiger charge is 2.36. The zero-order valence-corrected chi connectivity index (χ0v) is 7.63. The van der Waals surface area contributed by atoms with Crippen LogP contribution in [-0.2, 0) is 0 Å². The number of aromatic amines is 1. The number of H-pyrrole nitrogens is 1. The van der Waals surface area contributed by atoms with Gasteiger partial charge >= 0.3 is 0 Å². The minimum Gasteiger partial charge on any atom is -0.368 e. The maximum atomic E-state index is 10.7. The number of anilines is 1. The summed E-state index contributed by atoms with van der Waals surface area (Å²) in [6.45, 7) is 3.18. The summed E-state index contributed by atoms with van der Waals surface area (Å²) < 4.78 is 0. The third kappa shape index (κ3) is 2.08. The number of hydrogen-bond acceptors (Lipinski definition) is 3. The lowest BCUT2D eigenvalue weighted by Gasteiger charge is -2.09. The maximum Gasteiger partial charge on any atom is 0.264 e. The molecule has 0 spiro atoms. The Bertz CT molecular complexity index is 334. The molecule has 0 saturated heterocycles. The van der Waals surface area contributed by atoms with Gasteiger partial charge in [-0.05, 0) is 24.3 Å². The number of hydrogen-bond donors (Lipinski definition) is 2. The summed E-state index contributed by atoms with van der Waals surface area (Å²) in [6.07, 6.45) is 2.56. The number of rotatable bonds is 3. The molecule has 0 atom stereocenters. The van der Waals surface area contributed by atoms with Crippen molar-refractivity contribution >= 4 is 5.82 Å². The van der Waals surface area contributed by atoms with Crippen LogP contribution in [0.1, 0.15) is 19.8 Å². The van der Waals surface area contributed by atoms with Crippen LogP contribution >= 0.6 is 0 Å². The Morgan fingerprint density at radius 1 is 1.62 bits per heavy atom. The Kier molecular flexibility index (Phi) is 1.83. The Labute approximate surface area is 76.4 Å². The van der Waals surface area contributed by atoms with Crippen LogP contribution in [0.2, 0.25) is 0 Å². The first-order valence-corrected chi connectivity index (χ1v) is 4.48. The molecule has 0 bridgehead atoms. The summed E-state index contributed by atoms with van der Waals surface area (Å²) in [6, 6.07) is 3.18. The van der Waals surface area contributed by atoms with Crippen LogP contribution in [0.3, 0.4) is 0 Å². The molecule has 2 rings (SSSR count). The van der Waals surface area contributed by atoms with E-state index in [1.54, 1.807) is 6.07 Å². The first kappa shape index (κ1) is 8.29. The number of nitrogens with one attached hydrogen (secondary N) is 2. The molecule has 1 aromatic rings. The van der Waals surface area contributed by atoms with Gasteiger partial charge in [0, 0.05) is 12.6 Å². The highest BCUT2D eigenvalue weighted by Crippen LogP contribution is 2.44. The molecule has 1 fully saturated rings. The number of aromatic nitrogens is 2. The zero-order chi connectivity index (χ0) is 9.31. The van der Waals surface area contributed by atoms with Crippen LogP contribution < -0.4 is 10.9 Å². The molecule has 4 nitrogen and oxygen atoms in total. The largest absolute Gasteiger partial charge is 0.368 e. The lowest BCUT2D eigenvalue weighted by Crippen LogP contribution is -2.15. The van der Waals surface area contributed by atoms with E-state index in [1.807, 2.05) is 0 Å². The average molecular weight is 179 g/mol. The molecular formula is C9H13N3O.